The van der Waals surface area contributed by atoms with Gasteiger partial charge in [0, 0.05) is 10.5 Å². The van der Waals surface area contributed by atoms with Gasteiger partial charge in [-0.05, 0) is 72.6 Å². The van der Waals surface area contributed by atoms with Gasteiger partial charge in [0.05, 0.1) is 0 Å². The Balaban J connectivity index is 1.80. The fourth-order valence-electron chi connectivity index (χ4n) is 3.17. The number of rotatable bonds is 3. The van der Waals surface area contributed by atoms with E-state index in [1.807, 2.05) is 0 Å². The summed E-state index contributed by atoms with van der Waals surface area (Å²) in [6.45, 7) is 2.13. The van der Waals surface area contributed by atoms with Crippen LogP contribution < -0.4 is 5.73 Å². The average molecular weight is 330 g/mol. The normalized spacial score (nSPS) is 15.2. The fourth-order valence-corrected chi connectivity index (χ4v) is 3.65. The van der Waals surface area contributed by atoms with Gasteiger partial charge in [-0.25, -0.2) is 0 Å². The van der Waals surface area contributed by atoms with Gasteiger partial charge in [-0.15, -0.1) is 0 Å². The highest BCUT2D eigenvalue weighted by Gasteiger charge is 2.14. The van der Waals surface area contributed by atoms with Crippen molar-refractivity contribution >= 4 is 15.9 Å². The van der Waals surface area contributed by atoms with E-state index in [1.54, 1.807) is 0 Å². The second-order valence-corrected chi connectivity index (χ2v) is 6.68. The first-order valence-corrected chi connectivity index (χ1v) is 8.05. The number of hydrogen-bond donors (Lipinski definition) is 1. The van der Waals surface area contributed by atoms with Gasteiger partial charge in [-0.1, -0.05) is 40.2 Å². The van der Waals surface area contributed by atoms with Crippen molar-refractivity contribution in [2.24, 2.45) is 5.73 Å². The lowest BCUT2D eigenvalue weighted by molar-refractivity contribution is 0.716. The molecule has 2 heteroatoms. The maximum Gasteiger partial charge on any atom is 0.0338 e. The van der Waals surface area contributed by atoms with E-state index in [0.29, 0.717) is 0 Å². The molecule has 0 fully saturated rings. The van der Waals surface area contributed by atoms with Crippen LogP contribution in [0.1, 0.15) is 40.3 Å². The molecule has 0 saturated heterocycles. The molecule has 0 aromatic heterocycles. The Labute approximate surface area is 129 Å². The van der Waals surface area contributed by atoms with E-state index in [-0.39, 0.29) is 6.04 Å². The Morgan fingerprint density at radius 3 is 2.70 bits per heavy atom. The molecule has 1 nitrogen and oxygen atoms in total. The third-order valence-electron chi connectivity index (χ3n) is 4.25. The minimum Gasteiger partial charge on any atom is -0.324 e. The van der Waals surface area contributed by atoms with Crippen molar-refractivity contribution in [3.05, 3.63) is 68.7 Å². The van der Waals surface area contributed by atoms with Crippen LogP contribution in [0.15, 0.2) is 40.9 Å². The molecule has 0 bridgehead atoms. The lowest BCUT2D eigenvalue weighted by atomic mass is 9.95. The number of hydrogen-bond acceptors (Lipinski definition) is 1. The van der Waals surface area contributed by atoms with Crippen LogP contribution in [0.3, 0.4) is 0 Å². The first kappa shape index (κ1) is 13.8. The summed E-state index contributed by atoms with van der Waals surface area (Å²) in [5.74, 6) is 0. The molecule has 0 heterocycles. The second-order valence-electron chi connectivity index (χ2n) is 5.77. The topological polar surface area (TPSA) is 26.0 Å². The Kier molecular flexibility index (Phi) is 3.95. The van der Waals surface area contributed by atoms with Crippen LogP contribution in [-0.2, 0) is 19.3 Å². The van der Waals surface area contributed by atoms with Crippen LogP contribution in [0.2, 0.25) is 0 Å². The average Bonchev–Trinajstić information content (AvgIpc) is 2.85. The molecule has 2 N–H and O–H groups in total. The minimum atomic E-state index is 0.0718. The molecule has 3 rings (SSSR count). The zero-order chi connectivity index (χ0) is 14.1. The standard InChI is InChI=1S/C18H20BrN/c1-12-9-16(19)7-8-17(12)18(20)11-13-5-6-14-3-2-4-15(14)10-13/h5-10,18H,2-4,11,20H2,1H3. The summed E-state index contributed by atoms with van der Waals surface area (Å²) in [6.07, 6.45) is 4.69. The Bertz CT molecular complexity index is 633. The summed E-state index contributed by atoms with van der Waals surface area (Å²) >= 11 is 3.51. The summed E-state index contributed by atoms with van der Waals surface area (Å²) in [7, 11) is 0. The third kappa shape index (κ3) is 2.82. The molecule has 0 radical (unpaired) electrons. The van der Waals surface area contributed by atoms with Crippen LogP contribution in [0.5, 0.6) is 0 Å². The smallest absolute Gasteiger partial charge is 0.0338 e. The van der Waals surface area contributed by atoms with E-state index in [1.165, 1.54) is 47.1 Å². The number of fused-ring (bicyclic) bond motifs is 1. The highest BCUT2D eigenvalue weighted by Crippen LogP contribution is 2.26. The van der Waals surface area contributed by atoms with E-state index in [4.69, 9.17) is 5.73 Å². The van der Waals surface area contributed by atoms with Gasteiger partial charge in [-0.3, -0.25) is 0 Å². The van der Waals surface area contributed by atoms with Crippen LogP contribution in [0.4, 0.5) is 0 Å². The number of benzene rings is 2. The largest absolute Gasteiger partial charge is 0.324 e. The molecule has 2 aromatic carbocycles. The van der Waals surface area contributed by atoms with Gasteiger partial charge >= 0.3 is 0 Å². The second kappa shape index (κ2) is 5.71. The van der Waals surface area contributed by atoms with E-state index < -0.39 is 0 Å². The molecule has 1 unspecified atom stereocenters. The minimum absolute atomic E-state index is 0.0718. The van der Waals surface area contributed by atoms with Gasteiger partial charge in [-0.2, -0.15) is 0 Å². The van der Waals surface area contributed by atoms with Crippen molar-refractivity contribution < 1.29 is 0 Å². The molecular formula is C18H20BrN. The van der Waals surface area contributed by atoms with Crippen LogP contribution >= 0.6 is 15.9 Å². The lowest BCUT2D eigenvalue weighted by Crippen LogP contribution is -2.14. The Morgan fingerprint density at radius 1 is 1.10 bits per heavy atom. The van der Waals surface area contributed by atoms with E-state index in [9.17, 15) is 0 Å². The molecule has 0 aliphatic heterocycles. The van der Waals surface area contributed by atoms with Gasteiger partial charge in [0.25, 0.3) is 0 Å². The fraction of sp³-hybridized carbons (Fsp3) is 0.333. The number of aryl methyl sites for hydroxylation is 3. The molecular weight excluding hydrogens is 310 g/mol. The summed E-state index contributed by atoms with van der Waals surface area (Å²) < 4.78 is 1.11. The number of nitrogens with two attached hydrogens (primary N) is 1. The monoisotopic (exact) mass is 329 g/mol. The molecule has 0 saturated carbocycles. The third-order valence-corrected chi connectivity index (χ3v) is 4.74. The van der Waals surface area contributed by atoms with Crippen molar-refractivity contribution in [3.63, 3.8) is 0 Å². The zero-order valence-electron chi connectivity index (χ0n) is 11.8. The van der Waals surface area contributed by atoms with Gasteiger partial charge < -0.3 is 5.73 Å². The molecule has 0 amide bonds. The predicted molar refractivity (Wildman–Crippen MR) is 88.0 cm³/mol. The van der Waals surface area contributed by atoms with Crippen molar-refractivity contribution in [1.29, 1.82) is 0 Å². The van der Waals surface area contributed by atoms with Gasteiger partial charge in [0.2, 0.25) is 0 Å². The van der Waals surface area contributed by atoms with Gasteiger partial charge in [0.1, 0.15) is 0 Å². The first-order chi connectivity index (χ1) is 9.63. The molecule has 104 valence electrons. The Morgan fingerprint density at radius 2 is 1.90 bits per heavy atom. The van der Waals surface area contributed by atoms with Gasteiger partial charge in [0.15, 0.2) is 0 Å². The van der Waals surface area contributed by atoms with E-state index in [2.05, 4.69) is 59.3 Å². The summed E-state index contributed by atoms with van der Waals surface area (Å²) in [4.78, 5) is 0. The first-order valence-electron chi connectivity index (χ1n) is 7.26. The predicted octanol–water partition coefficient (Wildman–Crippen LogP) is 4.49. The highest BCUT2D eigenvalue weighted by atomic mass is 79.9. The zero-order valence-corrected chi connectivity index (χ0v) is 13.4. The van der Waals surface area contributed by atoms with Crippen molar-refractivity contribution in [2.45, 2.75) is 38.6 Å². The molecule has 1 aliphatic rings. The van der Waals surface area contributed by atoms with Crippen LogP contribution in [0, 0.1) is 6.92 Å². The molecule has 2 aromatic rings. The number of halogens is 1. The Hall–Kier alpha value is -1.12. The quantitative estimate of drug-likeness (QED) is 0.882. The maximum absolute atomic E-state index is 6.41. The van der Waals surface area contributed by atoms with Crippen LogP contribution in [0.25, 0.3) is 0 Å². The van der Waals surface area contributed by atoms with Crippen molar-refractivity contribution in [1.82, 2.24) is 0 Å². The highest BCUT2D eigenvalue weighted by molar-refractivity contribution is 9.10. The lowest BCUT2D eigenvalue weighted by Gasteiger charge is -2.16. The summed E-state index contributed by atoms with van der Waals surface area (Å²) in [5, 5.41) is 0. The van der Waals surface area contributed by atoms with Crippen LogP contribution in [-0.4, -0.2) is 0 Å². The van der Waals surface area contributed by atoms with E-state index >= 15 is 0 Å². The molecule has 0 spiro atoms. The maximum atomic E-state index is 6.41. The molecule has 1 aliphatic carbocycles. The summed E-state index contributed by atoms with van der Waals surface area (Å²) in [6, 6.07) is 13.3. The van der Waals surface area contributed by atoms with Crippen molar-refractivity contribution in [2.75, 3.05) is 0 Å². The SMILES string of the molecule is Cc1cc(Br)ccc1C(N)Cc1ccc2c(c1)CCC2. The molecule has 20 heavy (non-hydrogen) atoms. The summed E-state index contributed by atoms with van der Waals surface area (Å²) in [5.41, 5.74) is 13.3. The van der Waals surface area contributed by atoms with Crippen molar-refractivity contribution in [3.8, 4) is 0 Å². The molecule has 1 atom stereocenters. The van der Waals surface area contributed by atoms with E-state index in [0.717, 1.165) is 10.9 Å².